The average molecular weight is 487 g/mol. The topological polar surface area (TPSA) is 68.0 Å². The molecule has 2 saturated heterocycles. The van der Waals surface area contributed by atoms with Crippen LogP contribution in [0.2, 0.25) is 0 Å². The molecule has 0 aromatic heterocycles. The molecule has 4 atom stereocenters. The molecule has 2 heterocycles. The van der Waals surface area contributed by atoms with Gasteiger partial charge in [-0.05, 0) is 65.9 Å². The quantitative estimate of drug-likeness (QED) is 0.456. The fraction of sp³-hybridized carbons (Fsp3) is 0.419. The van der Waals surface area contributed by atoms with E-state index in [1.807, 2.05) is 12.1 Å². The van der Waals surface area contributed by atoms with Gasteiger partial charge in [-0.25, -0.2) is 0 Å². The van der Waals surface area contributed by atoms with Crippen LogP contribution < -0.4 is 5.73 Å². The largest absolute Gasteiger partial charge is 0.392 e. The normalized spacial score (nSPS) is 25.1. The number of benzene rings is 3. The van der Waals surface area contributed by atoms with E-state index in [1.54, 1.807) is 0 Å². The minimum absolute atomic E-state index is 0.0445. The number of hydrogen-bond donors (Lipinski definition) is 2. The van der Waals surface area contributed by atoms with Crippen molar-refractivity contribution in [1.82, 2.24) is 4.90 Å². The Kier molecular flexibility index (Phi) is 8.15. The van der Waals surface area contributed by atoms with Crippen molar-refractivity contribution in [3.63, 3.8) is 0 Å². The van der Waals surface area contributed by atoms with Crippen molar-refractivity contribution in [3.8, 4) is 11.1 Å². The van der Waals surface area contributed by atoms with Crippen molar-refractivity contribution >= 4 is 0 Å². The summed E-state index contributed by atoms with van der Waals surface area (Å²) in [6.45, 7) is 6.01. The Hall–Kier alpha value is -2.54. The van der Waals surface area contributed by atoms with Gasteiger partial charge in [-0.1, -0.05) is 74.0 Å². The number of ether oxygens (including phenoxy) is 2. The van der Waals surface area contributed by atoms with Gasteiger partial charge in [-0.15, -0.1) is 0 Å². The second-order valence-electron chi connectivity index (χ2n) is 10.2. The Morgan fingerprint density at radius 3 is 2.28 bits per heavy atom. The monoisotopic (exact) mass is 486 g/mol. The first-order valence-electron chi connectivity index (χ1n) is 13.3. The van der Waals surface area contributed by atoms with Gasteiger partial charge in [0.1, 0.15) is 0 Å². The van der Waals surface area contributed by atoms with Crippen molar-refractivity contribution in [3.05, 3.63) is 95.1 Å². The second-order valence-corrected chi connectivity index (χ2v) is 10.2. The van der Waals surface area contributed by atoms with E-state index in [0.29, 0.717) is 6.54 Å². The van der Waals surface area contributed by atoms with E-state index in [2.05, 4.69) is 72.5 Å². The van der Waals surface area contributed by atoms with Crippen molar-refractivity contribution in [2.24, 2.45) is 11.7 Å². The molecular weight excluding hydrogens is 448 g/mol. The predicted octanol–water partition coefficient (Wildman–Crippen LogP) is 5.58. The van der Waals surface area contributed by atoms with Crippen LogP contribution in [-0.2, 0) is 22.6 Å². The fourth-order valence-corrected chi connectivity index (χ4v) is 5.47. The number of aliphatic hydroxyl groups excluding tert-OH is 1. The van der Waals surface area contributed by atoms with Crippen LogP contribution in [0, 0.1) is 5.92 Å². The van der Waals surface area contributed by atoms with Crippen LogP contribution in [0.4, 0.5) is 0 Å². The Balaban J connectivity index is 1.44. The summed E-state index contributed by atoms with van der Waals surface area (Å²) in [6, 6.07) is 25.0. The lowest BCUT2D eigenvalue weighted by atomic mass is 9.89. The molecular formula is C31H38N2O3. The first-order valence-corrected chi connectivity index (χ1v) is 13.3. The molecule has 36 heavy (non-hydrogen) atoms. The molecule has 3 aromatic carbocycles. The highest BCUT2D eigenvalue weighted by Gasteiger charge is 2.39. The number of nitrogens with two attached hydrogens (primary N) is 1. The maximum atomic E-state index is 9.50. The van der Waals surface area contributed by atoms with Gasteiger partial charge in [-0.3, -0.25) is 0 Å². The lowest BCUT2D eigenvalue weighted by molar-refractivity contribution is -0.276. The first-order chi connectivity index (χ1) is 17.6. The lowest BCUT2D eigenvalue weighted by Crippen LogP contribution is -2.45. The SMILES string of the molecule is C[C@@H]1[C@H](CN2CCCCC2)O[C@H](c2cccc(-c3cccc(CN)c3)c2)O[C@@H]1c1ccc(CO)cc1. The maximum absolute atomic E-state index is 9.50. The highest BCUT2D eigenvalue weighted by Crippen LogP contribution is 2.42. The molecule has 3 aromatic rings. The zero-order valence-corrected chi connectivity index (χ0v) is 21.2. The highest BCUT2D eigenvalue weighted by molar-refractivity contribution is 5.65. The molecule has 0 amide bonds. The molecule has 2 aliphatic rings. The Morgan fingerprint density at radius 2 is 1.56 bits per heavy atom. The van der Waals surface area contributed by atoms with Gasteiger partial charge in [0, 0.05) is 24.6 Å². The van der Waals surface area contributed by atoms with E-state index in [-0.39, 0.29) is 24.7 Å². The molecule has 0 unspecified atom stereocenters. The third-order valence-electron chi connectivity index (χ3n) is 7.67. The van der Waals surface area contributed by atoms with Gasteiger partial charge < -0.3 is 25.2 Å². The molecule has 0 radical (unpaired) electrons. The van der Waals surface area contributed by atoms with Gasteiger partial charge in [0.2, 0.25) is 0 Å². The second kappa shape index (κ2) is 11.7. The lowest BCUT2D eigenvalue weighted by Gasteiger charge is -2.43. The summed E-state index contributed by atoms with van der Waals surface area (Å²) in [7, 11) is 0. The van der Waals surface area contributed by atoms with E-state index in [1.165, 1.54) is 19.3 Å². The van der Waals surface area contributed by atoms with E-state index in [4.69, 9.17) is 15.2 Å². The minimum atomic E-state index is -0.448. The average Bonchev–Trinajstić information content (AvgIpc) is 2.95. The van der Waals surface area contributed by atoms with Crippen LogP contribution in [0.5, 0.6) is 0 Å². The van der Waals surface area contributed by atoms with E-state index < -0.39 is 6.29 Å². The molecule has 0 aliphatic carbocycles. The van der Waals surface area contributed by atoms with Crippen LogP contribution in [0.15, 0.2) is 72.8 Å². The maximum Gasteiger partial charge on any atom is 0.184 e. The number of aliphatic hydroxyl groups is 1. The summed E-state index contributed by atoms with van der Waals surface area (Å²) in [5.74, 6) is 0.201. The van der Waals surface area contributed by atoms with Gasteiger partial charge in [0.15, 0.2) is 6.29 Å². The van der Waals surface area contributed by atoms with E-state index in [0.717, 1.165) is 53.0 Å². The van der Waals surface area contributed by atoms with Gasteiger partial charge >= 0.3 is 0 Å². The minimum Gasteiger partial charge on any atom is -0.392 e. The van der Waals surface area contributed by atoms with Gasteiger partial charge in [0.25, 0.3) is 0 Å². The van der Waals surface area contributed by atoms with Crippen LogP contribution in [0.25, 0.3) is 11.1 Å². The molecule has 2 aliphatic heterocycles. The Labute approximate surface area is 214 Å². The number of nitrogens with zero attached hydrogens (tertiary/aromatic N) is 1. The molecule has 5 rings (SSSR count). The van der Waals surface area contributed by atoms with Crippen molar-refractivity contribution in [2.75, 3.05) is 19.6 Å². The third kappa shape index (κ3) is 5.72. The standard InChI is InChI=1S/C31H38N2O3/c1-22-29(20-33-15-3-2-4-16-33)35-31(36-30(22)25-13-11-23(21-34)12-14-25)28-10-6-9-27(18-28)26-8-5-7-24(17-26)19-32/h5-14,17-18,22,29-31,34H,2-4,15-16,19-21,32H2,1H3/t22-,29+,30+,31+/m1/s1. The first kappa shape index (κ1) is 25.1. The summed E-state index contributed by atoms with van der Waals surface area (Å²) in [5.41, 5.74) is 12.3. The Bertz CT molecular complexity index is 1130. The van der Waals surface area contributed by atoms with Crippen molar-refractivity contribution < 1.29 is 14.6 Å². The summed E-state index contributed by atoms with van der Waals surface area (Å²) >= 11 is 0. The van der Waals surface area contributed by atoms with Crippen LogP contribution >= 0.6 is 0 Å². The number of likely N-dealkylation sites (tertiary alicyclic amines) is 1. The van der Waals surface area contributed by atoms with E-state index >= 15 is 0 Å². The fourth-order valence-electron chi connectivity index (χ4n) is 5.47. The smallest absolute Gasteiger partial charge is 0.184 e. The summed E-state index contributed by atoms with van der Waals surface area (Å²) in [6.07, 6.45) is 3.37. The zero-order chi connectivity index (χ0) is 24.9. The summed E-state index contributed by atoms with van der Waals surface area (Å²) in [5, 5.41) is 9.50. The summed E-state index contributed by atoms with van der Waals surface area (Å²) in [4.78, 5) is 2.55. The van der Waals surface area contributed by atoms with Gasteiger partial charge in [0.05, 0.1) is 18.8 Å². The van der Waals surface area contributed by atoms with Crippen LogP contribution in [0.1, 0.15) is 60.8 Å². The molecule has 2 fully saturated rings. The zero-order valence-electron chi connectivity index (χ0n) is 21.2. The van der Waals surface area contributed by atoms with Crippen molar-refractivity contribution in [1.29, 1.82) is 0 Å². The number of piperidine rings is 1. The molecule has 5 heteroatoms. The van der Waals surface area contributed by atoms with Crippen LogP contribution in [-0.4, -0.2) is 35.7 Å². The molecule has 190 valence electrons. The third-order valence-corrected chi connectivity index (χ3v) is 7.67. The number of rotatable bonds is 7. The van der Waals surface area contributed by atoms with Crippen molar-refractivity contribution in [2.45, 2.75) is 57.8 Å². The van der Waals surface area contributed by atoms with E-state index in [9.17, 15) is 5.11 Å². The Morgan fingerprint density at radius 1 is 0.833 bits per heavy atom. The molecule has 5 nitrogen and oxygen atoms in total. The van der Waals surface area contributed by atoms with Gasteiger partial charge in [-0.2, -0.15) is 0 Å². The summed E-state index contributed by atoms with van der Waals surface area (Å²) < 4.78 is 13.4. The molecule has 0 spiro atoms. The highest BCUT2D eigenvalue weighted by atomic mass is 16.7. The molecule has 3 N–H and O–H groups in total. The number of hydrogen-bond acceptors (Lipinski definition) is 5. The molecule has 0 bridgehead atoms. The van der Waals surface area contributed by atoms with Crippen LogP contribution in [0.3, 0.4) is 0 Å². The molecule has 0 saturated carbocycles. The predicted molar refractivity (Wildman–Crippen MR) is 143 cm³/mol.